The largest absolute Gasteiger partial charge is 0.466 e. The summed E-state index contributed by atoms with van der Waals surface area (Å²) in [5, 5.41) is 23.4. The number of unbranched alkanes of at least 4 members (excludes halogenated alkanes) is 55. The van der Waals surface area contributed by atoms with Crippen molar-refractivity contribution in [2.75, 3.05) is 13.2 Å². The van der Waals surface area contributed by atoms with Gasteiger partial charge in [0.15, 0.2) is 0 Å². The van der Waals surface area contributed by atoms with Gasteiger partial charge in [0.2, 0.25) is 5.91 Å². The van der Waals surface area contributed by atoms with Crippen molar-refractivity contribution in [3.63, 3.8) is 0 Å². The minimum Gasteiger partial charge on any atom is -0.466 e. The average Bonchev–Trinajstić information content (AvgIpc) is 3.41. The molecule has 0 saturated heterocycles. The zero-order valence-electron chi connectivity index (χ0n) is 51.3. The molecule has 0 radical (unpaired) electrons. The molecule has 448 valence electrons. The van der Waals surface area contributed by atoms with E-state index in [0.717, 1.165) is 38.5 Å². The predicted molar refractivity (Wildman–Crippen MR) is 329 cm³/mol. The second-order valence-corrected chi connectivity index (χ2v) is 24.2. The second-order valence-electron chi connectivity index (χ2n) is 24.2. The van der Waals surface area contributed by atoms with Crippen LogP contribution in [0.15, 0.2) is 0 Å². The van der Waals surface area contributed by atoms with E-state index in [9.17, 15) is 19.8 Å². The van der Waals surface area contributed by atoms with Gasteiger partial charge in [-0.1, -0.05) is 367 Å². The summed E-state index contributed by atoms with van der Waals surface area (Å²) in [6.45, 7) is 4.99. The van der Waals surface area contributed by atoms with Crippen LogP contribution in [0.4, 0.5) is 0 Å². The standard InChI is InChI=1S/C69H137NO5/c1-3-5-7-9-11-13-15-16-17-35-38-42-45-49-53-57-61-67(72)66(65-71)70-68(73)62-58-54-50-46-43-39-36-33-31-29-27-25-23-21-19-18-20-22-24-26-28-30-32-34-37-40-44-48-52-56-60-64-75-69(74)63-59-55-51-47-41-14-12-10-8-6-4-2/h66-67,71-72H,3-65H2,1-2H3,(H,70,73). The molecule has 1 amide bonds. The Hall–Kier alpha value is -1.14. The quantitative estimate of drug-likeness (QED) is 0.0417. The number of aliphatic hydroxyl groups is 2. The number of rotatable bonds is 66. The first-order valence-corrected chi connectivity index (χ1v) is 34.8. The van der Waals surface area contributed by atoms with Gasteiger partial charge in [0.05, 0.1) is 25.4 Å². The van der Waals surface area contributed by atoms with E-state index >= 15 is 0 Å². The van der Waals surface area contributed by atoms with Gasteiger partial charge in [-0.25, -0.2) is 0 Å². The summed E-state index contributed by atoms with van der Waals surface area (Å²) in [6.07, 6.45) is 78.7. The van der Waals surface area contributed by atoms with E-state index in [4.69, 9.17) is 4.74 Å². The van der Waals surface area contributed by atoms with Crippen molar-refractivity contribution in [1.29, 1.82) is 0 Å². The van der Waals surface area contributed by atoms with Crippen LogP contribution in [0.1, 0.15) is 406 Å². The molecule has 0 aromatic carbocycles. The minimum absolute atomic E-state index is 0.0214. The summed E-state index contributed by atoms with van der Waals surface area (Å²) in [6, 6.07) is -0.537. The highest BCUT2D eigenvalue weighted by atomic mass is 16.5. The van der Waals surface area contributed by atoms with E-state index in [1.54, 1.807) is 0 Å². The first-order valence-electron chi connectivity index (χ1n) is 34.8. The van der Waals surface area contributed by atoms with Gasteiger partial charge in [0.25, 0.3) is 0 Å². The SMILES string of the molecule is CCCCCCCCCCCCCCCCCCC(O)C(CO)NC(=O)CCCCCCCCCCCCCCCCCCCCCCCCCCCCCCCCCOC(=O)CCCCCCCCCCCCC. The van der Waals surface area contributed by atoms with E-state index in [1.165, 1.54) is 334 Å². The van der Waals surface area contributed by atoms with E-state index in [0.29, 0.717) is 25.9 Å². The molecule has 0 fully saturated rings. The van der Waals surface area contributed by atoms with Crippen molar-refractivity contribution in [3.8, 4) is 0 Å². The lowest BCUT2D eigenvalue weighted by atomic mass is 10.0. The number of carbonyl (C=O) groups excluding carboxylic acids is 2. The van der Waals surface area contributed by atoms with Crippen LogP contribution >= 0.6 is 0 Å². The highest BCUT2D eigenvalue weighted by Gasteiger charge is 2.20. The van der Waals surface area contributed by atoms with Gasteiger partial charge in [-0.15, -0.1) is 0 Å². The molecular formula is C69H137NO5. The average molecular weight is 1060 g/mol. The number of amides is 1. The summed E-state index contributed by atoms with van der Waals surface area (Å²) < 4.78 is 5.48. The topological polar surface area (TPSA) is 95.9 Å². The Bertz CT molecular complexity index is 1080. The van der Waals surface area contributed by atoms with Gasteiger partial charge < -0.3 is 20.3 Å². The molecule has 6 heteroatoms. The molecule has 2 unspecified atom stereocenters. The lowest BCUT2D eigenvalue weighted by Crippen LogP contribution is -2.45. The number of hydrogen-bond acceptors (Lipinski definition) is 5. The predicted octanol–water partition coefficient (Wildman–Crippen LogP) is 22.2. The number of aliphatic hydroxyl groups excluding tert-OH is 2. The number of ether oxygens (including phenoxy) is 1. The Kier molecular flexibility index (Phi) is 64.4. The summed E-state index contributed by atoms with van der Waals surface area (Å²) in [4.78, 5) is 24.5. The molecule has 0 rings (SSSR count). The molecule has 75 heavy (non-hydrogen) atoms. The maximum absolute atomic E-state index is 12.5. The van der Waals surface area contributed by atoms with Gasteiger partial charge in [0.1, 0.15) is 0 Å². The Morgan fingerprint density at radius 1 is 0.320 bits per heavy atom. The molecule has 0 aromatic heterocycles. The Labute approximate surface area is 470 Å². The van der Waals surface area contributed by atoms with E-state index in [2.05, 4.69) is 19.2 Å². The van der Waals surface area contributed by atoms with Crippen LogP contribution in [-0.2, 0) is 14.3 Å². The number of esters is 1. The monoisotopic (exact) mass is 1060 g/mol. The third kappa shape index (κ3) is 61.9. The zero-order chi connectivity index (χ0) is 54.3. The molecule has 3 N–H and O–H groups in total. The normalized spacial score (nSPS) is 12.4. The van der Waals surface area contributed by atoms with Crippen molar-refractivity contribution in [2.24, 2.45) is 0 Å². The summed E-state index contributed by atoms with van der Waals surface area (Å²) in [5.41, 5.74) is 0. The first-order chi connectivity index (χ1) is 37.0. The molecule has 0 aliphatic carbocycles. The highest BCUT2D eigenvalue weighted by molar-refractivity contribution is 5.76. The van der Waals surface area contributed by atoms with E-state index < -0.39 is 12.1 Å². The van der Waals surface area contributed by atoms with Crippen molar-refractivity contribution in [3.05, 3.63) is 0 Å². The number of hydrogen-bond donors (Lipinski definition) is 3. The maximum atomic E-state index is 12.5. The highest BCUT2D eigenvalue weighted by Crippen LogP contribution is 2.19. The third-order valence-electron chi connectivity index (χ3n) is 16.7. The molecule has 0 aliphatic heterocycles. The second kappa shape index (κ2) is 65.4. The van der Waals surface area contributed by atoms with Crippen molar-refractivity contribution in [1.82, 2.24) is 5.32 Å². The Balaban J connectivity index is 3.31. The minimum atomic E-state index is -0.660. The molecule has 2 atom stereocenters. The van der Waals surface area contributed by atoms with E-state index in [1.807, 2.05) is 0 Å². The molecule has 0 spiro atoms. The van der Waals surface area contributed by atoms with Gasteiger partial charge >= 0.3 is 5.97 Å². The Morgan fingerprint density at radius 2 is 0.547 bits per heavy atom. The van der Waals surface area contributed by atoms with Crippen LogP contribution in [0.3, 0.4) is 0 Å². The molecular weight excluding hydrogens is 923 g/mol. The lowest BCUT2D eigenvalue weighted by molar-refractivity contribution is -0.143. The van der Waals surface area contributed by atoms with Crippen LogP contribution in [0, 0.1) is 0 Å². The van der Waals surface area contributed by atoms with Crippen LogP contribution in [-0.4, -0.2) is 47.4 Å². The van der Waals surface area contributed by atoms with Crippen molar-refractivity contribution < 1.29 is 24.5 Å². The number of carbonyl (C=O) groups is 2. The van der Waals surface area contributed by atoms with Crippen molar-refractivity contribution in [2.45, 2.75) is 418 Å². The maximum Gasteiger partial charge on any atom is 0.305 e. The van der Waals surface area contributed by atoms with Crippen LogP contribution < -0.4 is 5.32 Å². The smallest absolute Gasteiger partial charge is 0.305 e. The molecule has 0 heterocycles. The summed E-state index contributed by atoms with van der Waals surface area (Å²) in [5.74, 6) is -0.00529. The van der Waals surface area contributed by atoms with Gasteiger partial charge in [0, 0.05) is 12.8 Å². The van der Waals surface area contributed by atoms with E-state index in [-0.39, 0.29) is 18.5 Å². The van der Waals surface area contributed by atoms with Crippen LogP contribution in [0.2, 0.25) is 0 Å². The van der Waals surface area contributed by atoms with Gasteiger partial charge in [-0.2, -0.15) is 0 Å². The zero-order valence-corrected chi connectivity index (χ0v) is 51.3. The van der Waals surface area contributed by atoms with Gasteiger partial charge in [-0.3, -0.25) is 9.59 Å². The molecule has 0 aromatic rings. The summed E-state index contributed by atoms with van der Waals surface area (Å²) in [7, 11) is 0. The third-order valence-corrected chi connectivity index (χ3v) is 16.7. The number of nitrogens with one attached hydrogen (secondary N) is 1. The van der Waals surface area contributed by atoms with Crippen molar-refractivity contribution >= 4 is 11.9 Å². The fraction of sp³-hybridized carbons (Fsp3) is 0.971. The fourth-order valence-corrected chi connectivity index (χ4v) is 11.4. The molecule has 6 nitrogen and oxygen atoms in total. The molecule has 0 bridgehead atoms. The van der Waals surface area contributed by atoms with Crippen LogP contribution in [0.25, 0.3) is 0 Å². The van der Waals surface area contributed by atoms with Crippen LogP contribution in [0.5, 0.6) is 0 Å². The van der Waals surface area contributed by atoms with Gasteiger partial charge in [-0.05, 0) is 25.7 Å². The lowest BCUT2D eigenvalue weighted by Gasteiger charge is -2.22. The Morgan fingerprint density at radius 3 is 0.813 bits per heavy atom. The molecule has 0 aliphatic rings. The summed E-state index contributed by atoms with van der Waals surface area (Å²) >= 11 is 0. The first kappa shape index (κ1) is 73.9. The molecule has 0 saturated carbocycles. The fourth-order valence-electron chi connectivity index (χ4n) is 11.4.